The highest BCUT2D eigenvalue weighted by atomic mass is 16.6. The van der Waals surface area contributed by atoms with Gasteiger partial charge in [0.15, 0.2) is 0 Å². The molecular formula is C14H12N2O5. The second-order valence-corrected chi connectivity index (χ2v) is 4.11. The van der Waals surface area contributed by atoms with Gasteiger partial charge in [-0.1, -0.05) is 12.1 Å². The Labute approximate surface area is 120 Å². The van der Waals surface area contributed by atoms with E-state index in [0.29, 0.717) is 5.75 Å². The molecule has 0 aliphatic heterocycles. The zero-order valence-electron chi connectivity index (χ0n) is 11.2. The van der Waals surface area contributed by atoms with Gasteiger partial charge in [-0.2, -0.15) is 0 Å². The van der Waals surface area contributed by atoms with Crippen molar-refractivity contribution in [3.63, 3.8) is 0 Å². The third kappa shape index (κ3) is 4.00. The lowest BCUT2D eigenvalue weighted by molar-refractivity contribution is -0.385. The van der Waals surface area contributed by atoms with E-state index in [-0.39, 0.29) is 24.0 Å². The molecule has 0 unspecified atom stereocenters. The quantitative estimate of drug-likeness (QED) is 0.477. The molecule has 0 N–H and O–H groups in total. The maximum atomic E-state index is 11.1. The van der Waals surface area contributed by atoms with Crippen molar-refractivity contribution in [2.45, 2.75) is 6.42 Å². The zero-order valence-corrected chi connectivity index (χ0v) is 11.2. The van der Waals surface area contributed by atoms with Gasteiger partial charge in [0.2, 0.25) is 5.88 Å². The van der Waals surface area contributed by atoms with Crippen LogP contribution >= 0.6 is 0 Å². The Morgan fingerprint density at radius 3 is 2.48 bits per heavy atom. The van der Waals surface area contributed by atoms with E-state index >= 15 is 0 Å². The lowest BCUT2D eigenvalue weighted by atomic mass is 10.1. The van der Waals surface area contributed by atoms with E-state index in [0.717, 1.165) is 11.8 Å². The minimum Gasteiger partial charge on any atom is -0.469 e. The molecule has 7 nitrogen and oxygen atoms in total. The minimum atomic E-state index is -0.529. The fourth-order valence-corrected chi connectivity index (χ4v) is 1.58. The Hall–Kier alpha value is -2.96. The second-order valence-electron chi connectivity index (χ2n) is 4.11. The fraction of sp³-hybridized carbons (Fsp3) is 0.143. The van der Waals surface area contributed by atoms with Crippen LogP contribution in [0.5, 0.6) is 11.6 Å². The molecule has 2 aromatic rings. The van der Waals surface area contributed by atoms with Crippen LogP contribution in [0.25, 0.3) is 0 Å². The topological polar surface area (TPSA) is 91.6 Å². The molecule has 0 aliphatic carbocycles. The van der Waals surface area contributed by atoms with Crippen LogP contribution in [0.4, 0.5) is 5.69 Å². The van der Waals surface area contributed by atoms with Crippen LogP contribution in [0, 0.1) is 10.1 Å². The van der Waals surface area contributed by atoms with Gasteiger partial charge in [0.25, 0.3) is 5.69 Å². The average Bonchev–Trinajstić information content (AvgIpc) is 2.49. The third-order valence-corrected chi connectivity index (χ3v) is 2.65. The molecule has 0 saturated carbocycles. The van der Waals surface area contributed by atoms with Crippen molar-refractivity contribution >= 4 is 11.7 Å². The van der Waals surface area contributed by atoms with E-state index in [1.807, 2.05) is 0 Å². The van der Waals surface area contributed by atoms with Gasteiger partial charge in [-0.05, 0) is 17.7 Å². The van der Waals surface area contributed by atoms with Crippen LogP contribution < -0.4 is 4.74 Å². The van der Waals surface area contributed by atoms with Gasteiger partial charge in [-0.25, -0.2) is 4.98 Å². The molecule has 0 spiro atoms. The molecule has 1 heterocycles. The lowest BCUT2D eigenvalue weighted by Gasteiger charge is -2.05. The third-order valence-electron chi connectivity index (χ3n) is 2.65. The second kappa shape index (κ2) is 6.47. The van der Waals surface area contributed by atoms with Crippen molar-refractivity contribution < 1.29 is 19.2 Å². The van der Waals surface area contributed by atoms with Crippen LogP contribution in [-0.2, 0) is 16.0 Å². The number of carbonyl (C=O) groups excluding carboxylic acids is 1. The number of aromatic nitrogens is 1. The fourth-order valence-electron chi connectivity index (χ4n) is 1.58. The van der Waals surface area contributed by atoms with E-state index < -0.39 is 4.92 Å². The number of rotatable bonds is 5. The number of pyridine rings is 1. The number of carbonyl (C=O) groups is 1. The van der Waals surface area contributed by atoms with Gasteiger partial charge in [-0.15, -0.1) is 0 Å². The first-order valence-corrected chi connectivity index (χ1v) is 6.02. The summed E-state index contributed by atoms with van der Waals surface area (Å²) in [6, 6.07) is 9.56. The molecule has 2 rings (SSSR count). The molecule has 0 saturated heterocycles. The van der Waals surface area contributed by atoms with Gasteiger partial charge < -0.3 is 9.47 Å². The van der Waals surface area contributed by atoms with Crippen LogP contribution in [0.15, 0.2) is 42.6 Å². The summed E-state index contributed by atoms with van der Waals surface area (Å²) < 4.78 is 10.0. The number of hydrogen-bond acceptors (Lipinski definition) is 6. The summed E-state index contributed by atoms with van der Waals surface area (Å²) in [6.07, 6.45) is 1.31. The number of nitrogens with zero attached hydrogens (tertiary/aromatic N) is 2. The molecule has 21 heavy (non-hydrogen) atoms. The van der Waals surface area contributed by atoms with Gasteiger partial charge in [0, 0.05) is 12.1 Å². The Kier molecular flexibility index (Phi) is 4.45. The van der Waals surface area contributed by atoms with Crippen molar-refractivity contribution in [1.29, 1.82) is 0 Å². The predicted molar refractivity (Wildman–Crippen MR) is 73.1 cm³/mol. The largest absolute Gasteiger partial charge is 0.469 e. The Morgan fingerprint density at radius 2 is 1.95 bits per heavy atom. The normalized spacial score (nSPS) is 9.95. The standard InChI is InChI=1S/C14H12N2O5/c1-20-14(17)8-10-2-5-12(6-3-10)21-13-7-4-11(9-15-13)16(18)19/h2-7,9H,8H2,1H3. The molecule has 0 aliphatic rings. The first-order valence-electron chi connectivity index (χ1n) is 6.02. The highest BCUT2D eigenvalue weighted by molar-refractivity contribution is 5.72. The van der Waals surface area contributed by atoms with E-state index in [2.05, 4.69) is 9.72 Å². The first-order chi connectivity index (χ1) is 10.1. The summed E-state index contributed by atoms with van der Waals surface area (Å²) >= 11 is 0. The van der Waals surface area contributed by atoms with Crippen LogP contribution in [0.1, 0.15) is 5.56 Å². The lowest BCUT2D eigenvalue weighted by Crippen LogP contribution is -2.04. The van der Waals surface area contributed by atoms with Crippen molar-refractivity contribution in [1.82, 2.24) is 4.98 Å². The van der Waals surface area contributed by atoms with Crippen molar-refractivity contribution in [2.75, 3.05) is 7.11 Å². The molecule has 0 radical (unpaired) electrons. The van der Waals surface area contributed by atoms with Crippen molar-refractivity contribution in [3.8, 4) is 11.6 Å². The highest BCUT2D eigenvalue weighted by Crippen LogP contribution is 2.21. The summed E-state index contributed by atoms with van der Waals surface area (Å²) in [7, 11) is 1.33. The maximum Gasteiger partial charge on any atom is 0.309 e. The van der Waals surface area contributed by atoms with E-state index in [4.69, 9.17) is 4.74 Å². The zero-order chi connectivity index (χ0) is 15.2. The Bertz CT molecular complexity index is 637. The smallest absolute Gasteiger partial charge is 0.309 e. The molecular weight excluding hydrogens is 276 g/mol. The van der Waals surface area contributed by atoms with Crippen LogP contribution in [-0.4, -0.2) is 23.0 Å². The number of esters is 1. The minimum absolute atomic E-state index is 0.101. The van der Waals surface area contributed by atoms with Gasteiger partial charge in [0.05, 0.1) is 18.5 Å². The maximum absolute atomic E-state index is 11.1. The Morgan fingerprint density at radius 1 is 1.24 bits per heavy atom. The van der Waals surface area contributed by atoms with Crippen molar-refractivity contribution in [3.05, 3.63) is 58.3 Å². The van der Waals surface area contributed by atoms with Gasteiger partial charge in [-0.3, -0.25) is 14.9 Å². The molecule has 0 amide bonds. The molecule has 1 aromatic heterocycles. The number of hydrogen-bond donors (Lipinski definition) is 0. The molecule has 0 bridgehead atoms. The monoisotopic (exact) mass is 288 g/mol. The Balaban J connectivity index is 2.02. The van der Waals surface area contributed by atoms with Crippen LogP contribution in [0.2, 0.25) is 0 Å². The summed E-state index contributed by atoms with van der Waals surface area (Å²) in [5.74, 6) is 0.451. The van der Waals surface area contributed by atoms with Gasteiger partial charge in [0.1, 0.15) is 11.9 Å². The van der Waals surface area contributed by atoms with E-state index in [1.165, 1.54) is 19.2 Å². The average molecular weight is 288 g/mol. The summed E-state index contributed by atoms with van der Waals surface area (Å²) in [5, 5.41) is 10.5. The molecule has 1 aromatic carbocycles. The molecule has 7 heteroatoms. The van der Waals surface area contributed by atoms with Crippen molar-refractivity contribution in [2.24, 2.45) is 0 Å². The van der Waals surface area contributed by atoms with Crippen LogP contribution in [0.3, 0.4) is 0 Å². The number of methoxy groups -OCH3 is 1. The predicted octanol–water partition coefficient (Wildman–Crippen LogP) is 2.50. The van der Waals surface area contributed by atoms with E-state index in [9.17, 15) is 14.9 Å². The first kappa shape index (κ1) is 14.4. The number of ether oxygens (including phenoxy) is 2. The molecule has 0 fully saturated rings. The summed E-state index contributed by atoms with van der Waals surface area (Å²) in [6.45, 7) is 0. The summed E-state index contributed by atoms with van der Waals surface area (Å²) in [4.78, 5) is 24.9. The molecule has 0 atom stereocenters. The molecule has 108 valence electrons. The van der Waals surface area contributed by atoms with Gasteiger partial charge >= 0.3 is 5.97 Å². The van der Waals surface area contributed by atoms with E-state index in [1.54, 1.807) is 24.3 Å². The highest BCUT2D eigenvalue weighted by Gasteiger charge is 2.07. The number of benzene rings is 1. The number of nitro groups is 1. The SMILES string of the molecule is COC(=O)Cc1ccc(Oc2ccc([N+](=O)[O-])cn2)cc1. The summed E-state index contributed by atoms with van der Waals surface area (Å²) in [5.41, 5.74) is 0.696.